The second-order valence-corrected chi connectivity index (χ2v) is 4.28. The van der Waals surface area contributed by atoms with Gasteiger partial charge in [0.1, 0.15) is 0 Å². The fourth-order valence-electron chi connectivity index (χ4n) is 1.72. The smallest absolute Gasteiger partial charge is 0.0741 e. The lowest BCUT2D eigenvalue weighted by molar-refractivity contribution is 0.106. The molecule has 2 atom stereocenters. The third kappa shape index (κ3) is 3.53. The summed E-state index contributed by atoms with van der Waals surface area (Å²) in [5, 5.41) is 3.52. The molecular formula is C14H23NO. The molecule has 2 unspecified atom stereocenters. The first-order chi connectivity index (χ1) is 7.69. The summed E-state index contributed by atoms with van der Waals surface area (Å²) < 4.78 is 5.32. The fraction of sp³-hybridized carbons (Fsp3) is 0.571. The quantitative estimate of drug-likeness (QED) is 0.794. The number of nitrogens with one attached hydrogen (secondary N) is 1. The Hall–Kier alpha value is -1.02. The lowest BCUT2D eigenvalue weighted by atomic mass is 10.1. The van der Waals surface area contributed by atoms with Crippen LogP contribution in [0.5, 0.6) is 0 Å². The van der Waals surface area contributed by atoms with Gasteiger partial charge in [0.15, 0.2) is 0 Å². The number of methoxy groups -OCH3 is 1. The molecule has 0 aliphatic carbocycles. The Kier molecular flexibility index (Phi) is 5.33. The van der Waals surface area contributed by atoms with E-state index >= 15 is 0 Å². The molecule has 0 aromatic heterocycles. The second-order valence-electron chi connectivity index (χ2n) is 4.28. The topological polar surface area (TPSA) is 21.3 Å². The Morgan fingerprint density at radius 3 is 2.56 bits per heavy atom. The minimum absolute atomic E-state index is 0.217. The van der Waals surface area contributed by atoms with Gasteiger partial charge in [0, 0.05) is 18.8 Å². The number of aryl methyl sites for hydroxylation is 1. The molecule has 16 heavy (non-hydrogen) atoms. The number of hydrogen-bond acceptors (Lipinski definition) is 2. The first-order valence-electron chi connectivity index (χ1n) is 6.06. The van der Waals surface area contributed by atoms with E-state index < -0.39 is 0 Å². The Labute approximate surface area is 99.0 Å². The monoisotopic (exact) mass is 221 g/mol. The van der Waals surface area contributed by atoms with Gasteiger partial charge in [-0.25, -0.2) is 0 Å². The Balaban J connectivity index is 2.71. The van der Waals surface area contributed by atoms with Gasteiger partial charge >= 0.3 is 0 Å². The van der Waals surface area contributed by atoms with Crippen LogP contribution >= 0.6 is 0 Å². The predicted octanol–water partition coefficient (Wildman–Crippen LogP) is 3.47. The average Bonchev–Trinajstić information content (AvgIpc) is 2.31. The van der Waals surface area contributed by atoms with E-state index in [1.807, 2.05) is 0 Å². The van der Waals surface area contributed by atoms with Crippen molar-refractivity contribution in [3.63, 3.8) is 0 Å². The van der Waals surface area contributed by atoms with Crippen LogP contribution in [0.25, 0.3) is 0 Å². The average molecular weight is 221 g/mol. The molecule has 0 aliphatic heterocycles. The summed E-state index contributed by atoms with van der Waals surface area (Å²) in [7, 11) is 1.75. The molecule has 1 N–H and O–H groups in total. The number of benzene rings is 1. The molecule has 1 rings (SSSR count). The van der Waals surface area contributed by atoms with Crippen LogP contribution in [0, 0.1) is 0 Å². The van der Waals surface area contributed by atoms with E-state index in [-0.39, 0.29) is 6.10 Å². The zero-order chi connectivity index (χ0) is 12.0. The normalized spacial score (nSPS) is 14.5. The van der Waals surface area contributed by atoms with Gasteiger partial charge in [0.05, 0.1) is 6.10 Å². The van der Waals surface area contributed by atoms with Crippen molar-refractivity contribution >= 4 is 5.69 Å². The molecular weight excluding hydrogens is 198 g/mol. The van der Waals surface area contributed by atoms with E-state index in [4.69, 9.17) is 4.74 Å². The molecule has 0 aliphatic rings. The first-order valence-corrected chi connectivity index (χ1v) is 6.06. The number of hydrogen-bond donors (Lipinski definition) is 1. The molecule has 90 valence electrons. The predicted molar refractivity (Wildman–Crippen MR) is 70.0 cm³/mol. The summed E-state index contributed by atoms with van der Waals surface area (Å²) in [6.45, 7) is 6.44. The lowest BCUT2D eigenvalue weighted by Crippen LogP contribution is -2.30. The fourth-order valence-corrected chi connectivity index (χ4v) is 1.72. The van der Waals surface area contributed by atoms with Crippen LogP contribution < -0.4 is 5.32 Å². The number of rotatable bonds is 6. The first kappa shape index (κ1) is 13.0. The third-order valence-electron chi connectivity index (χ3n) is 3.00. The molecule has 0 saturated carbocycles. The highest BCUT2D eigenvalue weighted by Gasteiger charge is 2.11. The maximum absolute atomic E-state index is 5.32. The standard InChI is InChI=1S/C14H23NO/c1-5-8-13-9-6-7-10-14(13)15-11(2)12(3)16-4/h6-7,9-12,15H,5,8H2,1-4H3. The highest BCUT2D eigenvalue weighted by atomic mass is 16.5. The maximum Gasteiger partial charge on any atom is 0.0741 e. The minimum Gasteiger partial charge on any atom is -0.380 e. The summed E-state index contributed by atoms with van der Waals surface area (Å²) in [5.74, 6) is 0. The molecule has 1 aromatic rings. The highest BCUT2D eigenvalue weighted by Crippen LogP contribution is 2.18. The van der Waals surface area contributed by atoms with Crippen molar-refractivity contribution in [1.82, 2.24) is 0 Å². The molecule has 2 nitrogen and oxygen atoms in total. The van der Waals surface area contributed by atoms with Gasteiger partial charge in [-0.15, -0.1) is 0 Å². The number of anilines is 1. The highest BCUT2D eigenvalue weighted by molar-refractivity contribution is 5.51. The van der Waals surface area contributed by atoms with Gasteiger partial charge in [0.2, 0.25) is 0 Å². The maximum atomic E-state index is 5.32. The van der Waals surface area contributed by atoms with Gasteiger partial charge in [-0.05, 0) is 31.9 Å². The van der Waals surface area contributed by atoms with Crippen LogP contribution in [0.2, 0.25) is 0 Å². The van der Waals surface area contributed by atoms with Crippen molar-refractivity contribution in [2.24, 2.45) is 0 Å². The van der Waals surface area contributed by atoms with E-state index in [1.165, 1.54) is 17.7 Å². The molecule has 0 saturated heterocycles. The molecule has 0 bridgehead atoms. The number of ether oxygens (including phenoxy) is 1. The Bertz CT molecular complexity index is 311. The van der Waals surface area contributed by atoms with Crippen molar-refractivity contribution in [3.8, 4) is 0 Å². The molecule has 0 heterocycles. The third-order valence-corrected chi connectivity index (χ3v) is 3.00. The van der Waals surface area contributed by atoms with Crippen molar-refractivity contribution < 1.29 is 4.74 Å². The van der Waals surface area contributed by atoms with Crippen molar-refractivity contribution in [2.45, 2.75) is 45.8 Å². The van der Waals surface area contributed by atoms with Crippen molar-refractivity contribution in [2.75, 3.05) is 12.4 Å². The second kappa shape index (κ2) is 6.54. The molecule has 0 fully saturated rings. The van der Waals surface area contributed by atoms with E-state index in [0.29, 0.717) is 6.04 Å². The van der Waals surface area contributed by atoms with Crippen LogP contribution in [0.15, 0.2) is 24.3 Å². The van der Waals surface area contributed by atoms with Gasteiger partial charge < -0.3 is 10.1 Å². The molecule has 1 aromatic carbocycles. The van der Waals surface area contributed by atoms with Crippen LogP contribution in [0.4, 0.5) is 5.69 Å². The van der Waals surface area contributed by atoms with E-state index in [2.05, 4.69) is 50.4 Å². The summed E-state index contributed by atoms with van der Waals surface area (Å²) in [5.41, 5.74) is 2.63. The molecule has 0 amide bonds. The van der Waals surface area contributed by atoms with E-state index in [9.17, 15) is 0 Å². The summed E-state index contributed by atoms with van der Waals surface area (Å²) >= 11 is 0. The zero-order valence-corrected chi connectivity index (χ0v) is 10.8. The number of para-hydroxylation sites is 1. The molecule has 2 heteroatoms. The van der Waals surface area contributed by atoms with Gasteiger partial charge in [-0.3, -0.25) is 0 Å². The van der Waals surface area contributed by atoms with E-state index in [1.54, 1.807) is 7.11 Å². The molecule has 0 spiro atoms. The summed E-state index contributed by atoms with van der Waals surface area (Å²) in [4.78, 5) is 0. The largest absolute Gasteiger partial charge is 0.380 e. The van der Waals surface area contributed by atoms with E-state index in [0.717, 1.165) is 6.42 Å². The van der Waals surface area contributed by atoms with Gasteiger partial charge in [0.25, 0.3) is 0 Å². The van der Waals surface area contributed by atoms with Gasteiger partial charge in [-0.1, -0.05) is 31.5 Å². The summed E-state index contributed by atoms with van der Waals surface area (Å²) in [6, 6.07) is 8.83. The lowest BCUT2D eigenvalue weighted by Gasteiger charge is -2.22. The van der Waals surface area contributed by atoms with Gasteiger partial charge in [-0.2, -0.15) is 0 Å². The Morgan fingerprint density at radius 2 is 1.94 bits per heavy atom. The minimum atomic E-state index is 0.217. The SMILES string of the molecule is CCCc1ccccc1NC(C)C(C)OC. The van der Waals surface area contributed by atoms with Crippen LogP contribution in [-0.2, 0) is 11.2 Å². The zero-order valence-electron chi connectivity index (χ0n) is 10.8. The van der Waals surface area contributed by atoms with Crippen molar-refractivity contribution in [1.29, 1.82) is 0 Å². The van der Waals surface area contributed by atoms with Crippen LogP contribution in [0.3, 0.4) is 0 Å². The Morgan fingerprint density at radius 1 is 1.25 bits per heavy atom. The van der Waals surface area contributed by atoms with Crippen LogP contribution in [-0.4, -0.2) is 19.3 Å². The summed E-state index contributed by atoms with van der Waals surface area (Å²) in [6.07, 6.45) is 2.51. The molecule has 0 radical (unpaired) electrons. The van der Waals surface area contributed by atoms with Crippen LogP contribution in [0.1, 0.15) is 32.8 Å². The van der Waals surface area contributed by atoms with Crippen molar-refractivity contribution in [3.05, 3.63) is 29.8 Å².